The molecule has 0 aliphatic heterocycles. The quantitative estimate of drug-likeness (QED) is 0.283. The number of hydrogen-bond acceptors (Lipinski definition) is 6. The molecular weight excluding hydrogens is 554 g/mol. The average Bonchev–Trinajstić information content (AvgIpc) is 2.99. The summed E-state index contributed by atoms with van der Waals surface area (Å²) in [5, 5.41) is 2.98. The van der Waals surface area contributed by atoms with E-state index in [4.69, 9.17) is 9.47 Å². The van der Waals surface area contributed by atoms with Crippen molar-refractivity contribution in [2.75, 3.05) is 25.1 Å². The molecule has 0 radical (unpaired) electrons. The Bertz CT molecular complexity index is 1460. The molecule has 0 heterocycles. The molecule has 2 atom stereocenters. The maximum atomic E-state index is 14.2. The minimum atomic E-state index is -4.21. The molecule has 0 aliphatic carbocycles. The summed E-state index contributed by atoms with van der Waals surface area (Å²) in [7, 11) is -1.21. The molecule has 0 fully saturated rings. The van der Waals surface area contributed by atoms with Crippen molar-refractivity contribution < 1.29 is 27.5 Å². The molecule has 3 rings (SSSR count). The van der Waals surface area contributed by atoms with Gasteiger partial charge in [0.05, 0.1) is 24.8 Å². The Hall–Kier alpha value is -4.05. The first-order chi connectivity index (χ1) is 20.0. The average molecular weight is 596 g/mol. The predicted octanol–water partition coefficient (Wildman–Crippen LogP) is 4.93. The van der Waals surface area contributed by atoms with Crippen molar-refractivity contribution in [2.24, 2.45) is 0 Å². The van der Waals surface area contributed by atoms with E-state index in [1.54, 1.807) is 61.7 Å². The van der Waals surface area contributed by atoms with Gasteiger partial charge in [-0.15, -0.1) is 0 Å². The van der Waals surface area contributed by atoms with Gasteiger partial charge in [-0.05, 0) is 68.7 Å². The van der Waals surface area contributed by atoms with E-state index in [0.717, 1.165) is 21.9 Å². The summed E-state index contributed by atoms with van der Waals surface area (Å²) < 4.78 is 40.1. The number of ether oxygens (including phenoxy) is 2. The lowest BCUT2D eigenvalue weighted by molar-refractivity contribution is -0.140. The fraction of sp³-hybridized carbons (Fsp3) is 0.375. The number of hydrogen-bond donors (Lipinski definition) is 1. The van der Waals surface area contributed by atoms with Crippen molar-refractivity contribution in [3.63, 3.8) is 0 Å². The van der Waals surface area contributed by atoms with Crippen LogP contribution in [-0.4, -0.2) is 58.0 Å². The van der Waals surface area contributed by atoms with Crippen molar-refractivity contribution in [2.45, 2.75) is 64.1 Å². The summed E-state index contributed by atoms with van der Waals surface area (Å²) in [4.78, 5) is 29.2. The van der Waals surface area contributed by atoms with Crippen LogP contribution in [0.4, 0.5) is 5.69 Å². The normalized spacial score (nSPS) is 12.6. The lowest BCUT2D eigenvalue weighted by atomic mass is 10.1. The topological polar surface area (TPSA) is 105 Å². The van der Waals surface area contributed by atoms with Crippen LogP contribution in [0, 0.1) is 6.92 Å². The summed E-state index contributed by atoms with van der Waals surface area (Å²) in [5.41, 5.74) is 1.85. The highest BCUT2D eigenvalue weighted by Gasteiger charge is 2.35. The van der Waals surface area contributed by atoms with Crippen LogP contribution in [0.15, 0.2) is 77.7 Å². The molecule has 10 heteroatoms. The number of benzene rings is 3. The van der Waals surface area contributed by atoms with Crippen molar-refractivity contribution in [3.05, 3.63) is 83.9 Å². The van der Waals surface area contributed by atoms with Gasteiger partial charge < -0.3 is 19.7 Å². The first kappa shape index (κ1) is 32.5. The van der Waals surface area contributed by atoms with Crippen LogP contribution in [0.1, 0.15) is 44.7 Å². The second-order valence-electron chi connectivity index (χ2n) is 10.1. The SMILES string of the molecule is CCC(C)NC(=O)C(CC)N(Cc1cccc(OC)c1)C(=O)CN(c1ccccc1OC)S(=O)(=O)c1ccc(C)cc1. The standard InChI is InChI=1S/C32H41N3O6S/c1-7-24(4)33-32(37)28(8-2)34(21-25-12-11-13-26(20-25)40-5)31(36)22-35(29-14-9-10-15-30(29)41-6)42(38,39)27-18-16-23(3)17-19-27/h9-20,24,28H,7-8,21-22H2,1-6H3,(H,33,37). The molecule has 0 bridgehead atoms. The molecule has 0 spiro atoms. The van der Waals surface area contributed by atoms with Crippen molar-refractivity contribution in [1.82, 2.24) is 10.2 Å². The molecule has 226 valence electrons. The van der Waals surface area contributed by atoms with E-state index in [2.05, 4.69) is 5.32 Å². The first-order valence-corrected chi connectivity index (χ1v) is 15.4. The van der Waals surface area contributed by atoms with Gasteiger partial charge in [0.2, 0.25) is 11.8 Å². The van der Waals surface area contributed by atoms with Gasteiger partial charge in [0.15, 0.2) is 0 Å². The van der Waals surface area contributed by atoms with Crippen molar-refractivity contribution >= 4 is 27.5 Å². The number of carbonyl (C=O) groups is 2. The Morgan fingerprint density at radius 1 is 0.905 bits per heavy atom. The Morgan fingerprint density at radius 3 is 2.21 bits per heavy atom. The Morgan fingerprint density at radius 2 is 1.60 bits per heavy atom. The van der Waals surface area contributed by atoms with Crippen molar-refractivity contribution in [3.8, 4) is 11.5 Å². The van der Waals surface area contributed by atoms with Crippen LogP contribution in [-0.2, 0) is 26.2 Å². The van der Waals surface area contributed by atoms with Gasteiger partial charge in [0.25, 0.3) is 10.0 Å². The number of sulfonamides is 1. The minimum Gasteiger partial charge on any atom is -0.497 e. The Kier molecular flexibility index (Phi) is 11.4. The van der Waals surface area contributed by atoms with Crippen LogP contribution in [0.5, 0.6) is 11.5 Å². The fourth-order valence-electron chi connectivity index (χ4n) is 4.51. The third-order valence-corrected chi connectivity index (χ3v) is 8.89. The summed E-state index contributed by atoms with van der Waals surface area (Å²) in [6, 6.07) is 19.4. The largest absolute Gasteiger partial charge is 0.497 e. The Labute approximate surface area is 249 Å². The third-order valence-electron chi connectivity index (χ3n) is 7.12. The highest BCUT2D eigenvalue weighted by molar-refractivity contribution is 7.92. The molecular formula is C32H41N3O6S. The second-order valence-corrected chi connectivity index (χ2v) is 12.0. The van der Waals surface area contributed by atoms with Gasteiger partial charge in [0.1, 0.15) is 24.1 Å². The molecule has 2 amide bonds. The van der Waals surface area contributed by atoms with Crippen LogP contribution in [0.25, 0.3) is 0 Å². The van der Waals surface area contributed by atoms with E-state index >= 15 is 0 Å². The number of methoxy groups -OCH3 is 2. The van der Waals surface area contributed by atoms with Gasteiger partial charge in [-0.1, -0.05) is 55.8 Å². The highest BCUT2D eigenvalue weighted by Crippen LogP contribution is 2.32. The van der Waals surface area contributed by atoms with E-state index in [1.165, 1.54) is 24.1 Å². The lowest BCUT2D eigenvalue weighted by Gasteiger charge is -2.34. The van der Waals surface area contributed by atoms with Crippen LogP contribution >= 0.6 is 0 Å². The van der Waals surface area contributed by atoms with Gasteiger partial charge >= 0.3 is 0 Å². The van der Waals surface area contributed by atoms with E-state index in [9.17, 15) is 18.0 Å². The highest BCUT2D eigenvalue weighted by atomic mass is 32.2. The maximum Gasteiger partial charge on any atom is 0.264 e. The van der Waals surface area contributed by atoms with Crippen LogP contribution < -0.4 is 19.1 Å². The molecule has 2 unspecified atom stereocenters. The number of anilines is 1. The van der Waals surface area contributed by atoms with E-state index in [1.807, 2.05) is 33.8 Å². The summed E-state index contributed by atoms with van der Waals surface area (Å²) in [6.07, 6.45) is 1.06. The minimum absolute atomic E-state index is 0.0349. The van der Waals surface area contributed by atoms with E-state index in [0.29, 0.717) is 17.9 Å². The van der Waals surface area contributed by atoms with E-state index < -0.39 is 28.5 Å². The van der Waals surface area contributed by atoms with Crippen molar-refractivity contribution in [1.29, 1.82) is 0 Å². The summed E-state index contributed by atoms with van der Waals surface area (Å²) >= 11 is 0. The van der Waals surface area contributed by atoms with Gasteiger partial charge in [-0.25, -0.2) is 8.42 Å². The zero-order chi connectivity index (χ0) is 30.9. The monoisotopic (exact) mass is 595 g/mol. The van der Waals surface area contributed by atoms with Crippen LogP contribution in [0.2, 0.25) is 0 Å². The molecule has 0 aromatic heterocycles. The fourth-order valence-corrected chi connectivity index (χ4v) is 5.94. The molecule has 9 nitrogen and oxygen atoms in total. The zero-order valence-electron chi connectivity index (χ0n) is 25.2. The molecule has 0 aliphatic rings. The second kappa shape index (κ2) is 14.7. The summed E-state index contributed by atoms with van der Waals surface area (Å²) in [6.45, 7) is 7.08. The van der Waals surface area contributed by atoms with Gasteiger partial charge in [-0.3, -0.25) is 13.9 Å². The molecule has 42 heavy (non-hydrogen) atoms. The third kappa shape index (κ3) is 7.82. The molecule has 0 saturated carbocycles. The number of nitrogens with one attached hydrogen (secondary N) is 1. The number of aryl methyl sites for hydroxylation is 1. The molecule has 1 N–H and O–H groups in total. The number of rotatable bonds is 14. The number of nitrogens with zero attached hydrogens (tertiary/aromatic N) is 2. The zero-order valence-corrected chi connectivity index (χ0v) is 26.0. The molecule has 0 saturated heterocycles. The maximum absolute atomic E-state index is 14.2. The molecule has 3 aromatic carbocycles. The number of amides is 2. The number of para-hydroxylation sites is 2. The lowest BCUT2D eigenvalue weighted by Crippen LogP contribution is -2.53. The number of carbonyl (C=O) groups excluding carboxylic acids is 2. The smallest absolute Gasteiger partial charge is 0.264 e. The Balaban J connectivity index is 2.11. The van der Waals surface area contributed by atoms with E-state index in [-0.39, 0.29) is 29.1 Å². The van der Waals surface area contributed by atoms with Gasteiger partial charge in [0, 0.05) is 12.6 Å². The predicted molar refractivity (Wildman–Crippen MR) is 164 cm³/mol. The van der Waals surface area contributed by atoms with Crippen LogP contribution in [0.3, 0.4) is 0 Å². The summed E-state index contributed by atoms with van der Waals surface area (Å²) in [5.74, 6) is 0.0652. The first-order valence-electron chi connectivity index (χ1n) is 14.0. The molecule has 3 aromatic rings. The van der Waals surface area contributed by atoms with Gasteiger partial charge in [-0.2, -0.15) is 0 Å².